The number of nitrogens with two attached hydrogens (primary N) is 1. The van der Waals surface area contributed by atoms with Gasteiger partial charge in [0.1, 0.15) is 0 Å². The maximum atomic E-state index is 10.6. The number of primary amides is 1. The Labute approximate surface area is 65.7 Å². The summed E-state index contributed by atoms with van der Waals surface area (Å²) in [6, 6.07) is 0. The zero-order valence-corrected chi connectivity index (χ0v) is 6.41. The van der Waals surface area contributed by atoms with E-state index < -0.39 is 12.2 Å². The van der Waals surface area contributed by atoms with E-state index in [2.05, 4.69) is 0 Å². The Bertz CT molecular complexity index is 130. The molecule has 1 amide bonds. The molecule has 0 aromatic rings. The van der Waals surface area contributed by atoms with Crippen molar-refractivity contribution in [2.45, 2.75) is 25.6 Å². The van der Waals surface area contributed by atoms with E-state index in [4.69, 9.17) is 15.2 Å². The van der Waals surface area contributed by atoms with Crippen LogP contribution in [0.1, 0.15) is 19.3 Å². The van der Waals surface area contributed by atoms with Crippen LogP contribution in [0.3, 0.4) is 0 Å². The largest absolute Gasteiger partial charge is 0.365 e. The first-order chi connectivity index (χ1) is 5.30. The number of ether oxygens (including phenoxy) is 2. The first-order valence-electron chi connectivity index (χ1n) is 3.83. The Hall–Kier alpha value is -0.610. The Morgan fingerprint density at radius 2 is 1.73 bits per heavy atom. The van der Waals surface area contributed by atoms with E-state index in [1.165, 1.54) is 0 Å². The van der Waals surface area contributed by atoms with Gasteiger partial charge in [-0.2, -0.15) is 0 Å². The lowest BCUT2D eigenvalue weighted by molar-refractivity contribution is -0.173. The number of carbonyl (C=O) groups is 1. The van der Waals surface area contributed by atoms with Gasteiger partial charge in [0.25, 0.3) is 5.91 Å². The highest BCUT2D eigenvalue weighted by Gasteiger charge is 2.17. The maximum Gasteiger partial charge on any atom is 0.274 e. The zero-order valence-electron chi connectivity index (χ0n) is 6.41. The van der Waals surface area contributed by atoms with Crippen molar-refractivity contribution in [3.05, 3.63) is 0 Å². The molecule has 11 heavy (non-hydrogen) atoms. The molecule has 0 aromatic carbocycles. The van der Waals surface area contributed by atoms with Crippen LogP contribution in [0.15, 0.2) is 0 Å². The average molecular weight is 159 g/mol. The molecule has 0 saturated carbocycles. The Morgan fingerprint density at radius 3 is 2.18 bits per heavy atom. The van der Waals surface area contributed by atoms with Gasteiger partial charge in [0.2, 0.25) is 6.29 Å². The third-order valence-electron chi connectivity index (χ3n) is 1.56. The normalized spacial score (nSPS) is 22.2. The summed E-state index contributed by atoms with van der Waals surface area (Å²) in [6.45, 7) is 1.13. The molecule has 0 aromatic heterocycles. The van der Waals surface area contributed by atoms with Crippen molar-refractivity contribution >= 4 is 5.91 Å². The van der Waals surface area contributed by atoms with E-state index in [0.29, 0.717) is 13.2 Å². The summed E-state index contributed by atoms with van der Waals surface area (Å²) >= 11 is 0. The summed E-state index contributed by atoms with van der Waals surface area (Å²) < 4.78 is 10.1. The summed E-state index contributed by atoms with van der Waals surface area (Å²) in [5, 5.41) is 0. The van der Waals surface area contributed by atoms with E-state index in [0.717, 1.165) is 19.3 Å². The SMILES string of the molecule is NC(=O)C1OCCCCCO1. The minimum absolute atomic E-state index is 0.535. The quantitative estimate of drug-likeness (QED) is 0.586. The van der Waals surface area contributed by atoms with Crippen LogP contribution >= 0.6 is 0 Å². The lowest BCUT2D eigenvalue weighted by Gasteiger charge is -2.17. The Kier molecular flexibility index (Phi) is 3.32. The van der Waals surface area contributed by atoms with Crippen molar-refractivity contribution in [1.82, 2.24) is 0 Å². The minimum atomic E-state index is -0.824. The van der Waals surface area contributed by atoms with Crippen LogP contribution in [0.5, 0.6) is 0 Å². The summed E-state index contributed by atoms with van der Waals surface area (Å²) in [7, 11) is 0. The van der Waals surface area contributed by atoms with E-state index >= 15 is 0 Å². The first-order valence-corrected chi connectivity index (χ1v) is 3.83. The van der Waals surface area contributed by atoms with Gasteiger partial charge in [-0.25, -0.2) is 0 Å². The topological polar surface area (TPSA) is 61.6 Å². The smallest absolute Gasteiger partial charge is 0.274 e. The van der Waals surface area contributed by atoms with Crippen molar-refractivity contribution in [3.8, 4) is 0 Å². The van der Waals surface area contributed by atoms with Gasteiger partial charge in [-0.05, 0) is 19.3 Å². The van der Waals surface area contributed by atoms with Gasteiger partial charge in [-0.1, -0.05) is 0 Å². The molecule has 1 aliphatic rings. The van der Waals surface area contributed by atoms with Gasteiger partial charge in [0.15, 0.2) is 0 Å². The van der Waals surface area contributed by atoms with Crippen LogP contribution in [0.2, 0.25) is 0 Å². The van der Waals surface area contributed by atoms with E-state index in [9.17, 15) is 4.79 Å². The molecule has 0 aliphatic carbocycles. The van der Waals surface area contributed by atoms with Crippen LogP contribution in [0.25, 0.3) is 0 Å². The predicted molar refractivity (Wildman–Crippen MR) is 38.7 cm³/mol. The molecule has 4 heteroatoms. The molecule has 1 rings (SSSR count). The predicted octanol–water partition coefficient (Wildman–Crippen LogP) is 0.0149. The molecule has 1 aliphatic heterocycles. The molecule has 0 radical (unpaired) electrons. The molecule has 0 bridgehead atoms. The van der Waals surface area contributed by atoms with Crippen molar-refractivity contribution in [2.24, 2.45) is 5.73 Å². The highest BCUT2D eigenvalue weighted by Crippen LogP contribution is 2.05. The fourth-order valence-electron chi connectivity index (χ4n) is 0.974. The van der Waals surface area contributed by atoms with Gasteiger partial charge < -0.3 is 15.2 Å². The summed E-state index contributed by atoms with van der Waals surface area (Å²) in [5.74, 6) is -0.535. The molecule has 1 saturated heterocycles. The molecule has 1 heterocycles. The zero-order chi connectivity index (χ0) is 8.10. The molecule has 1 fully saturated rings. The number of rotatable bonds is 1. The minimum Gasteiger partial charge on any atom is -0.365 e. The number of hydrogen-bond donors (Lipinski definition) is 1. The lowest BCUT2D eigenvalue weighted by atomic mass is 10.2. The van der Waals surface area contributed by atoms with E-state index in [1.807, 2.05) is 0 Å². The molecule has 4 nitrogen and oxygen atoms in total. The summed E-state index contributed by atoms with van der Waals surface area (Å²) in [4.78, 5) is 10.6. The van der Waals surface area contributed by atoms with Gasteiger partial charge in [0.05, 0.1) is 13.2 Å². The average Bonchev–Trinajstić information content (AvgIpc) is 1.84. The lowest BCUT2D eigenvalue weighted by Crippen LogP contribution is -2.35. The fraction of sp³-hybridized carbons (Fsp3) is 0.857. The molecular weight excluding hydrogens is 146 g/mol. The molecule has 0 spiro atoms. The molecule has 64 valence electrons. The number of carbonyl (C=O) groups excluding carboxylic acids is 1. The number of amides is 1. The van der Waals surface area contributed by atoms with E-state index in [1.54, 1.807) is 0 Å². The van der Waals surface area contributed by atoms with Crippen molar-refractivity contribution < 1.29 is 14.3 Å². The highest BCUT2D eigenvalue weighted by molar-refractivity contribution is 5.77. The van der Waals surface area contributed by atoms with E-state index in [-0.39, 0.29) is 0 Å². The van der Waals surface area contributed by atoms with Crippen molar-refractivity contribution in [3.63, 3.8) is 0 Å². The van der Waals surface area contributed by atoms with Crippen LogP contribution in [0, 0.1) is 0 Å². The summed E-state index contributed by atoms with van der Waals surface area (Å²) in [6.07, 6.45) is 2.22. The molecular formula is C7H13NO3. The maximum absolute atomic E-state index is 10.6. The second-order valence-corrected chi connectivity index (χ2v) is 2.54. The molecule has 0 unspecified atom stereocenters. The first kappa shape index (κ1) is 8.49. The van der Waals surface area contributed by atoms with Gasteiger partial charge in [-0.3, -0.25) is 4.79 Å². The third kappa shape index (κ3) is 2.86. The van der Waals surface area contributed by atoms with Crippen molar-refractivity contribution in [2.75, 3.05) is 13.2 Å². The fourth-order valence-corrected chi connectivity index (χ4v) is 0.974. The van der Waals surface area contributed by atoms with Gasteiger partial charge in [0, 0.05) is 0 Å². The molecule has 2 N–H and O–H groups in total. The van der Waals surface area contributed by atoms with Crippen molar-refractivity contribution in [1.29, 1.82) is 0 Å². The van der Waals surface area contributed by atoms with Crippen LogP contribution in [0.4, 0.5) is 0 Å². The van der Waals surface area contributed by atoms with Crippen LogP contribution in [-0.2, 0) is 14.3 Å². The second kappa shape index (κ2) is 4.31. The van der Waals surface area contributed by atoms with Gasteiger partial charge in [-0.15, -0.1) is 0 Å². The highest BCUT2D eigenvalue weighted by atomic mass is 16.7. The van der Waals surface area contributed by atoms with Crippen LogP contribution < -0.4 is 5.73 Å². The van der Waals surface area contributed by atoms with Crippen LogP contribution in [-0.4, -0.2) is 25.4 Å². The third-order valence-corrected chi connectivity index (χ3v) is 1.56. The Balaban J connectivity index is 2.32. The monoisotopic (exact) mass is 159 g/mol. The standard InChI is InChI=1S/C7H13NO3/c8-6(9)7-10-4-2-1-3-5-11-7/h7H,1-5H2,(H2,8,9). The number of hydrogen-bond acceptors (Lipinski definition) is 3. The van der Waals surface area contributed by atoms with Gasteiger partial charge >= 0.3 is 0 Å². The summed E-state index contributed by atoms with van der Waals surface area (Å²) in [5.41, 5.74) is 5.00. The molecule has 0 atom stereocenters. The second-order valence-electron chi connectivity index (χ2n) is 2.54. The Morgan fingerprint density at radius 1 is 1.18 bits per heavy atom.